The summed E-state index contributed by atoms with van der Waals surface area (Å²) in [5.41, 5.74) is -0.128. The summed E-state index contributed by atoms with van der Waals surface area (Å²) in [6.07, 6.45) is 1.45. The average Bonchev–Trinajstić information content (AvgIpc) is 2.32. The largest absolute Gasteiger partial charge is 0.446 e. The Balaban J connectivity index is 2.81. The van der Waals surface area contributed by atoms with Gasteiger partial charge in [-0.1, -0.05) is 20.8 Å². The third-order valence-electron chi connectivity index (χ3n) is 1.45. The number of rotatable bonds is 1. The van der Waals surface area contributed by atoms with Crippen molar-refractivity contribution in [1.29, 1.82) is 0 Å². The third-order valence-corrected chi connectivity index (χ3v) is 1.45. The summed E-state index contributed by atoms with van der Waals surface area (Å²) in [6, 6.07) is 0. The van der Waals surface area contributed by atoms with Crippen molar-refractivity contribution in [3.8, 4) is 0 Å². The van der Waals surface area contributed by atoms with E-state index in [0.29, 0.717) is 11.7 Å². The molecule has 0 bridgehead atoms. The number of amides is 1. The van der Waals surface area contributed by atoms with E-state index in [9.17, 15) is 4.79 Å². The topological polar surface area (TPSA) is 55.1 Å². The normalized spacial score (nSPS) is 11.4. The lowest BCUT2D eigenvalue weighted by Gasteiger charge is -2.11. The lowest BCUT2D eigenvalue weighted by atomic mass is 9.97. The zero-order chi connectivity index (χ0) is 10.1. The van der Waals surface area contributed by atoms with E-state index in [1.165, 1.54) is 13.2 Å². The summed E-state index contributed by atoms with van der Waals surface area (Å²) in [4.78, 5) is 14.8. The van der Waals surface area contributed by atoms with Crippen LogP contribution in [0.15, 0.2) is 10.7 Å². The molecule has 13 heavy (non-hydrogen) atoms. The molecule has 1 heterocycles. The van der Waals surface area contributed by atoms with E-state index in [0.717, 1.165) is 0 Å². The monoisotopic (exact) mass is 182 g/mol. The Hall–Kier alpha value is -1.32. The van der Waals surface area contributed by atoms with Crippen molar-refractivity contribution in [2.45, 2.75) is 33.1 Å². The summed E-state index contributed by atoms with van der Waals surface area (Å²) in [5.74, 6) is 0.947. The lowest BCUT2D eigenvalue weighted by molar-refractivity contribution is -0.114. The molecule has 0 aromatic carbocycles. The molecule has 1 amide bonds. The predicted molar refractivity (Wildman–Crippen MR) is 49.5 cm³/mol. The fourth-order valence-electron chi connectivity index (χ4n) is 0.856. The number of nitrogens with zero attached hydrogens (tertiary/aromatic N) is 1. The van der Waals surface area contributed by atoms with Crippen LogP contribution >= 0.6 is 0 Å². The van der Waals surface area contributed by atoms with E-state index in [2.05, 4.69) is 10.3 Å². The minimum atomic E-state index is -0.145. The van der Waals surface area contributed by atoms with Gasteiger partial charge in [0, 0.05) is 12.3 Å². The Morgan fingerprint density at radius 1 is 1.54 bits per heavy atom. The van der Waals surface area contributed by atoms with Gasteiger partial charge in [0.2, 0.25) is 11.8 Å². The highest BCUT2D eigenvalue weighted by molar-refractivity contribution is 5.87. The van der Waals surface area contributed by atoms with E-state index in [1.54, 1.807) is 0 Å². The number of carbonyl (C=O) groups excluding carboxylic acids is 1. The van der Waals surface area contributed by atoms with Crippen LogP contribution in [0.3, 0.4) is 0 Å². The minimum absolute atomic E-state index is 0.128. The molecule has 72 valence electrons. The smallest absolute Gasteiger partial charge is 0.222 e. The molecular weight excluding hydrogens is 168 g/mol. The molecule has 0 aliphatic heterocycles. The van der Waals surface area contributed by atoms with Crippen LogP contribution in [0.25, 0.3) is 0 Å². The molecule has 1 aromatic rings. The number of hydrogen-bond acceptors (Lipinski definition) is 3. The second-order valence-electron chi connectivity index (χ2n) is 3.97. The second kappa shape index (κ2) is 3.20. The molecule has 0 spiro atoms. The maximum absolute atomic E-state index is 10.7. The predicted octanol–water partition coefficient (Wildman–Crippen LogP) is 1.93. The van der Waals surface area contributed by atoms with E-state index in [4.69, 9.17) is 4.42 Å². The quantitative estimate of drug-likeness (QED) is 0.722. The molecule has 0 saturated heterocycles. The van der Waals surface area contributed by atoms with Gasteiger partial charge >= 0.3 is 0 Å². The Morgan fingerprint density at radius 2 is 2.15 bits per heavy atom. The van der Waals surface area contributed by atoms with Gasteiger partial charge in [-0.2, -0.15) is 4.98 Å². The molecule has 0 fully saturated rings. The molecule has 0 aliphatic rings. The summed E-state index contributed by atoms with van der Waals surface area (Å²) < 4.78 is 5.20. The average molecular weight is 182 g/mol. The van der Waals surface area contributed by atoms with Gasteiger partial charge in [-0.3, -0.25) is 4.79 Å². The van der Waals surface area contributed by atoms with Gasteiger partial charge in [-0.05, 0) is 0 Å². The highest BCUT2D eigenvalue weighted by atomic mass is 16.3. The van der Waals surface area contributed by atoms with Crippen LogP contribution in [0.2, 0.25) is 0 Å². The zero-order valence-electron chi connectivity index (χ0n) is 8.34. The molecule has 1 N–H and O–H groups in total. The first kappa shape index (κ1) is 9.77. The molecule has 1 rings (SSSR count). The maximum atomic E-state index is 10.7. The number of carbonyl (C=O) groups is 1. The molecule has 0 atom stereocenters. The fourth-order valence-corrected chi connectivity index (χ4v) is 0.856. The Labute approximate surface area is 77.3 Å². The van der Waals surface area contributed by atoms with Crippen LogP contribution in [0, 0.1) is 0 Å². The standard InChI is InChI=1S/C9H14N2O2/c1-6(12)10-7-5-13-8(11-7)9(2,3)4/h5H,1-4H3,(H,10,12). The van der Waals surface area contributed by atoms with Crippen LogP contribution in [0.4, 0.5) is 5.82 Å². The third kappa shape index (κ3) is 2.57. The van der Waals surface area contributed by atoms with Crippen molar-refractivity contribution in [3.05, 3.63) is 12.2 Å². The fraction of sp³-hybridized carbons (Fsp3) is 0.556. The van der Waals surface area contributed by atoms with Gasteiger partial charge in [-0.15, -0.1) is 0 Å². The van der Waals surface area contributed by atoms with Crippen molar-refractivity contribution in [3.63, 3.8) is 0 Å². The number of oxazole rings is 1. The van der Waals surface area contributed by atoms with Gasteiger partial charge in [0.05, 0.1) is 0 Å². The van der Waals surface area contributed by atoms with Gasteiger partial charge in [0.1, 0.15) is 6.26 Å². The van der Waals surface area contributed by atoms with Gasteiger partial charge in [0.25, 0.3) is 0 Å². The van der Waals surface area contributed by atoms with E-state index < -0.39 is 0 Å². The molecule has 1 aromatic heterocycles. The number of aromatic nitrogens is 1. The van der Waals surface area contributed by atoms with E-state index >= 15 is 0 Å². The van der Waals surface area contributed by atoms with Crippen LogP contribution in [0.1, 0.15) is 33.6 Å². The van der Waals surface area contributed by atoms with Crippen LogP contribution < -0.4 is 5.32 Å². The maximum Gasteiger partial charge on any atom is 0.222 e. The van der Waals surface area contributed by atoms with Gasteiger partial charge in [-0.25, -0.2) is 0 Å². The lowest BCUT2D eigenvalue weighted by Crippen LogP contribution is -2.12. The molecule has 0 aliphatic carbocycles. The minimum Gasteiger partial charge on any atom is -0.446 e. The van der Waals surface area contributed by atoms with Gasteiger partial charge in [0.15, 0.2) is 5.82 Å². The molecule has 0 radical (unpaired) electrons. The van der Waals surface area contributed by atoms with E-state index in [1.807, 2.05) is 20.8 Å². The second-order valence-corrected chi connectivity index (χ2v) is 3.97. The molecule has 0 saturated carbocycles. The van der Waals surface area contributed by atoms with Gasteiger partial charge < -0.3 is 9.73 Å². The summed E-state index contributed by atoms with van der Waals surface area (Å²) in [6.45, 7) is 7.43. The molecular formula is C9H14N2O2. The summed E-state index contributed by atoms with van der Waals surface area (Å²) >= 11 is 0. The summed E-state index contributed by atoms with van der Waals surface area (Å²) in [5, 5.41) is 2.55. The number of anilines is 1. The van der Waals surface area contributed by atoms with E-state index in [-0.39, 0.29) is 11.3 Å². The van der Waals surface area contributed by atoms with Crippen LogP contribution in [-0.4, -0.2) is 10.9 Å². The highest BCUT2D eigenvalue weighted by Gasteiger charge is 2.20. The first-order valence-corrected chi connectivity index (χ1v) is 4.13. The Morgan fingerprint density at radius 3 is 2.54 bits per heavy atom. The molecule has 4 nitrogen and oxygen atoms in total. The van der Waals surface area contributed by atoms with Crippen molar-refractivity contribution in [2.24, 2.45) is 0 Å². The molecule has 4 heteroatoms. The van der Waals surface area contributed by atoms with Crippen molar-refractivity contribution in [1.82, 2.24) is 4.98 Å². The Kier molecular flexibility index (Phi) is 2.40. The number of hydrogen-bond donors (Lipinski definition) is 1. The van der Waals surface area contributed by atoms with Crippen molar-refractivity contribution in [2.75, 3.05) is 5.32 Å². The molecule has 0 unspecified atom stereocenters. The summed E-state index contributed by atoms with van der Waals surface area (Å²) in [7, 11) is 0. The highest BCUT2D eigenvalue weighted by Crippen LogP contribution is 2.22. The number of nitrogens with one attached hydrogen (secondary N) is 1. The first-order valence-electron chi connectivity index (χ1n) is 4.13. The van der Waals surface area contributed by atoms with Crippen molar-refractivity contribution >= 4 is 11.7 Å². The van der Waals surface area contributed by atoms with Crippen LogP contribution in [0.5, 0.6) is 0 Å². The SMILES string of the molecule is CC(=O)Nc1coc(C(C)(C)C)n1. The van der Waals surface area contributed by atoms with Crippen LogP contribution in [-0.2, 0) is 10.2 Å². The first-order chi connectivity index (χ1) is 5.89. The zero-order valence-corrected chi connectivity index (χ0v) is 8.34. The van der Waals surface area contributed by atoms with Crippen molar-refractivity contribution < 1.29 is 9.21 Å². The Bertz CT molecular complexity index is 310.